The molecule has 1 aromatic rings. The van der Waals surface area contributed by atoms with Gasteiger partial charge in [-0.05, 0) is 12.8 Å². The normalized spacial score (nSPS) is 12.6. The lowest BCUT2D eigenvalue weighted by Crippen LogP contribution is -2.36. The molecule has 20 heavy (non-hydrogen) atoms. The highest BCUT2D eigenvalue weighted by atomic mass is 32.2. The molecule has 1 aromatic heterocycles. The first-order chi connectivity index (χ1) is 9.32. The van der Waals surface area contributed by atoms with Crippen LogP contribution in [0.2, 0.25) is 0 Å². The van der Waals surface area contributed by atoms with E-state index in [-0.39, 0.29) is 29.7 Å². The number of methoxy groups -OCH3 is 1. The average molecular weight is 305 g/mol. The Hall–Kier alpha value is -0.890. The van der Waals surface area contributed by atoms with Crippen LogP contribution in [0.3, 0.4) is 0 Å². The zero-order valence-corrected chi connectivity index (χ0v) is 13.2. The van der Waals surface area contributed by atoms with Gasteiger partial charge in [-0.1, -0.05) is 13.8 Å². The first kappa shape index (κ1) is 17.2. The monoisotopic (exact) mass is 305 g/mol. The van der Waals surface area contributed by atoms with Gasteiger partial charge in [0.25, 0.3) is 0 Å². The van der Waals surface area contributed by atoms with Gasteiger partial charge in [0.05, 0.1) is 6.61 Å². The first-order valence-corrected chi connectivity index (χ1v) is 7.96. The van der Waals surface area contributed by atoms with Crippen molar-refractivity contribution < 1.29 is 22.7 Å². The Labute approximate surface area is 120 Å². The van der Waals surface area contributed by atoms with Crippen molar-refractivity contribution in [2.45, 2.75) is 32.3 Å². The van der Waals surface area contributed by atoms with Gasteiger partial charge in [0, 0.05) is 26.3 Å². The van der Waals surface area contributed by atoms with Crippen LogP contribution in [0.5, 0.6) is 0 Å². The molecule has 0 amide bonds. The molecule has 0 spiro atoms. The van der Waals surface area contributed by atoms with Crippen LogP contribution < -0.4 is 0 Å². The zero-order chi connectivity index (χ0) is 15.3. The number of rotatable bonds is 8. The third-order valence-corrected chi connectivity index (χ3v) is 4.78. The number of hydrogen-bond donors (Lipinski definition) is 1. The summed E-state index contributed by atoms with van der Waals surface area (Å²) in [6, 6.07) is 1.38. The predicted molar refractivity (Wildman–Crippen MR) is 74.8 cm³/mol. The molecule has 0 aromatic carbocycles. The minimum atomic E-state index is -3.64. The minimum absolute atomic E-state index is 0.110. The van der Waals surface area contributed by atoms with Gasteiger partial charge < -0.3 is 14.3 Å². The molecule has 0 saturated heterocycles. The van der Waals surface area contributed by atoms with E-state index in [2.05, 4.69) is 0 Å². The molecule has 1 heterocycles. The van der Waals surface area contributed by atoms with Gasteiger partial charge in [-0.3, -0.25) is 0 Å². The number of aryl methyl sites for hydroxylation is 1. The molecule has 0 aliphatic carbocycles. The van der Waals surface area contributed by atoms with Gasteiger partial charge in [-0.15, -0.1) is 0 Å². The minimum Gasteiger partial charge on any atom is -0.462 e. The zero-order valence-electron chi connectivity index (χ0n) is 12.4. The molecular weight excluding hydrogens is 282 g/mol. The molecule has 0 fully saturated rings. The molecule has 0 aliphatic heterocycles. The van der Waals surface area contributed by atoms with Gasteiger partial charge >= 0.3 is 0 Å². The lowest BCUT2D eigenvalue weighted by atomic mass is 10.2. The Morgan fingerprint density at radius 1 is 1.45 bits per heavy atom. The number of sulfonamides is 1. The van der Waals surface area contributed by atoms with Gasteiger partial charge in [0.2, 0.25) is 10.0 Å². The summed E-state index contributed by atoms with van der Waals surface area (Å²) in [5, 5.41) is 9.04. The third kappa shape index (κ3) is 4.05. The van der Waals surface area contributed by atoms with Crippen molar-refractivity contribution in [2.24, 2.45) is 5.92 Å². The number of aliphatic hydroxyl groups excluding tert-OH is 1. The SMILES string of the molecule is COCCN(CC(C)C)S(=O)(=O)c1cc(CO)oc1C. The first-order valence-electron chi connectivity index (χ1n) is 6.52. The second kappa shape index (κ2) is 7.21. The largest absolute Gasteiger partial charge is 0.462 e. The van der Waals surface area contributed by atoms with Crippen molar-refractivity contribution in [2.75, 3.05) is 26.8 Å². The van der Waals surface area contributed by atoms with E-state index in [0.717, 1.165) is 0 Å². The molecule has 0 radical (unpaired) electrons. The van der Waals surface area contributed by atoms with Crippen molar-refractivity contribution in [1.82, 2.24) is 4.31 Å². The fourth-order valence-electron chi connectivity index (χ4n) is 1.91. The Morgan fingerprint density at radius 2 is 2.10 bits per heavy atom. The van der Waals surface area contributed by atoms with Crippen LogP contribution >= 0.6 is 0 Å². The van der Waals surface area contributed by atoms with Crippen LogP contribution in [0.4, 0.5) is 0 Å². The van der Waals surface area contributed by atoms with Crippen LogP contribution in [0.25, 0.3) is 0 Å². The number of hydrogen-bond acceptors (Lipinski definition) is 5. The highest BCUT2D eigenvalue weighted by Crippen LogP contribution is 2.24. The molecular formula is C13H23NO5S. The summed E-state index contributed by atoms with van der Waals surface area (Å²) < 4.78 is 36.9. The fraction of sp³-hybridized carbons (Fsp3) is 0.692. The van der Waals surface area contributed by atoms with E-state index in [4.69, 9.17) is 14.3 Å². The molecule has 116 valence electrons. The van der Waals surface area contributed by atoms with Crippen LogP contribution in [-0.2, 0) is 21.4 Å². The number of nitrogens with zero attached hydrogens (tertiary/aromatic N) is 1. The van der Waals surface area contributed by atoms with E-state index < -0.39 is 10.0 Å². The standard InChI is InChI=1S/C13H23NO5S/c1-10(2)8-14(5-6-18-4)20(16,17)13-7-12(9-15)19-11(13)3/h7,10,15H,5-6,8-9H2,1-4H3. The Balaban J connectivity index is 3.10. The van der Waals surface area contributed by atoms with Crippen molar-refractivity contribution in [3.8, 4) is 0 Å². The maximum atomic E-state index is 12.7. The molecule has 0 unspecified atom stereocenters. The molecule has 0 bridgehead atoms. The maximum Gasteiger partial charge on any atom is 0.246 e. The lowest BCUT2D eigenvalue weighted by molar-refractivity contribution is 0.175. The highest BCUT2D eigenvalue weighted by molar-refractivity contribution is 7.89. The van der Waals surface area contributed by atoms with Crippen LogP contribution in [0, 0.1) is 12.8 Å². The van der Waals surface area contributed by atoms with Crippen LogP contribution in [0.15, 0.2) is 15.4 Å². The number of ether oxygens (including phenoxy) is 1. The molecule has 0 saturated carbocycles. The van der Waals surface area contributed by atoms with Crippen LogP contribution in [-0.4, -0.2) is 44.6 Å². The van der Waals surface area contributed by atoms with Crippen molar-refractivity contribution in [3.05, 3.63) is 17.6 Å². The van der Waals surface area contributed by atoms with Gasteiger partial charge in [0.15, 0.2) is 0 Å². The summed E-state index contributed by atoms with van der Waals surface area (Å²) in [6.07, 6.45) is 0. The summed E-state index contributed by atoms with van der Waals surface area (Å²) in [4.78, 5) is 0.110. The molecule has 0 aliphatic rings. The summed E-state index contributed by atoms with van der Waals surface area (Å²) in [7, 11) is -2.10. The Morgan fingerprint density at radius 3 is 2.55 bits per heavy atom. The van der Waals surface area contributed by atoms with E-state index in [0.29, 0.717) is 18.9 Å². The van der Waals surface area contributed by atoms with E-state index in [1.165, 1.54) is 17.5 Å². The van der Waals surface area contributed by atoms with Crippen molar-refractivity contribution in [3.63, 3.8) is 0 Å². The Kier molecular flexibility index (Phi) is 6.19. The van der Waals surface area contributed by atoms with E-state index in [1.807, 2.05) is 13.8 Å². The summed E-state index contributed by atoms with van der Waals surface area (Å²) >= 11 is 0. The van der Waals surface area contributed by atoms with Crippen molar-refractivity contribution >= 4 is 10.0 Å². The fourth-order valence-corrected chi connectivity index (χ4v) is 3.68. The highest BCUT2D eigenvalue weighted by Gasteiger charge is 2.29. The van der Waals surface area contributed by atoms with Gasteiger partial charge in [-0.25, -0.2) is 8.42 Å². The average Bonchev–Trinajstić information content (AvgIpc) is 2.76. The Bertz CT molecular complexity index is 521. The summed E-state index contributed by atoms with van der Waals surface area (Å²) in [5.74, 6) is 0.740. The van der Waals surface area contributed by atoms with E-state index in [1.54, 1.807) is 6.92 Å². The molecule has 7 heteroatoms. The quantitative estimate of drug-likeness (QED) is 0.784. The number of aliphatic hydroxyl groups is 1. The second-order valence-corrected chi connectivity index (χ2v) is 6.95. The van der Waals surface area contributed by atoms with Crippen molar-refractivity contribution in [1.29, 1.82) is 0 Å². The number of furan rings is 1. The van der Waals surface area contributed by atoms with E-state index >= 15 is 0 Å². The predicted octanol–water partition coefficient (Wildman–Crippen LogP) is 1.37. The molecule has 1 rings (SSSR count). The molecule has 6 nitrogen and oxygen atoms in total. The van der Waals surface area contributed by atoms with Gasteiger partial charge in [-0.2, -0.15) is 4.31 Å². The topological polar surface area (TPSA) is 80.0 Å². The second-order valence-electron chi connectivity index (χ2n) is 5.04. The smallest absolute Gasteiger partial charge is 0.246 e. The molecule has 1 N–H and O–H groups in total. The maximum absolute atomic E-state index is 12.7. The lowest BCUT2D eigenvalue weighted by Gasteiger charge is -2.23. The summed E-state index contributed by atoms with van der Waals surface area (Å²) in [5.41, 5.74) is 0. The van der Waals surface area contributed by atoms with Gasteiger partial charge in [0.1, 0.15) is 23.0 Å². The third-order valence-electron chi connectivity index (χ3n) is 2.81. The van der Waals surface area contributed by atoms with E-state index in [9.17, 15) is 8.42 Å². The summed E-state index contributed by atoms with van der Waals surface area (Å²) in [6.45, 7) is 6.19. The molecule has 0 atom stereocenters. The van der Waals surface area contributed by atoms with Crippen LogP contribution in [0.1, 0.15) is 25.4 Å².